The summed E-state index contributed by atoms with van der Waals surface area (Å²) >= 11 is 0. The van der Waals surface area contributed by atoms with Crippen LogP contribution in [0.4, 0.5) is 5.69 Å². The Hall–Kier alpha value is -2.53. The van der Waals surface area contributed by atoms with E-state index in [1.54, 1.807) is 24.3 Å². The van der Waals surface area contributed by atoms with Crippen LogP contribution in [0.2, 0.25) is 0 Å². The first-order chi connectivity index (χ1) is 10.2. The van der Waals surface area contributed by atoms with E-state index in [0.717, 1.165) is 0 Å². The van der Waals surface area contributed by atoms with E-state index in [4.69, 9.17) is 9.47 Å². The maximum Gasteiger partial charge on any atom is 0.261 e. The van der Waals surface area contributed by atoms with E-state index in [1.807, 2.05) is 18.2 Å². The van der Waals surface area contributed by atoms with Crippen LogP contribution in [0.15, 0.2) is 42.5 Å². The van der Waals surface area contributed by atoms with Crippen LogP contribution in [0, 0.1) is 0 Å². The normalized spacial score (nSPS) is 16.8. The molecule has 2 aromatic rings. The lowest BCUT2D eigenvalue weighted by molar-refractivity contribution is 0.0934. The zero-order valence-corrected chi connectivity index (χ0v) is 11.7. The lowest BCUT2D eigenvalue weighted by atomic mass is 10.1. The maximum atomic E-state index is 12.5. The molecule has 0 spiro atoms. The second kappa shape index (κ2) is 5.10. The minimum Gasteiger partial charge on any atom is -0.493 e. The molecule has 21 heavy (non-hydrogen) atoms. The molecule has 1 amide bonds. The number of para-hydroxylation sites is 1. The molecule has 0 saturated heterocycles. The van der Waals surface area contributed by atoms with Gasteiger partial charge in [0.2, 0.25) is 0 Å². The standard InChI is InChI=1S/C16H15NO4/c1-20-12-9-8-11-13(14(12)21-2)16(19)17(15(11)18)10-6-4-3-5-7-10/h3-9,16,19H,1-2H3. The summed E-state index contributed by atoms with van der Waals surface area (Å²) in [6.07, 6.45) is -1.10. The highest BCUT2D eigenvalue weighted by Gasteiger charge is 2.40. The topological polar surface area (TPSA) is 59.0 Å². The summed E-state index contributed by atoms with van der Waals surface area (Å²) in [5.74, 6) is 0.608. The van der Waals surface area contributed by atoms with Gasteiger partial charge in [-0.3, -0.25) is 9.69 Å². The van der Waals surface area contributed by atoms with Crippen LogP contribution in [-0.4, -0.2) is 25.2 Å². The number of carbonyl (C=O) groups excluding carboxylic acids is 1. The molecule has 2 aromatic carbocycles. The van der Waals surface area contributed by atoms with E-state index >= 15 is 0 Å². The Balaban J connectivity index is 2.15. The van der Waals surface area contributed by atoms with Crippen LogP contribution in [0.5, 0.6) is 11.5 Å². The van der Waals surface area contributed by atoms with Crippen molar-refractivity contribution in [1.82, 2.24) is 0 Å². The number of benzene rings is 2. The van der Waals surface area contributed by atoms with Gasteiger partial charge in [-0.2, -0.15) is 0 Å². The zero-order valence-electron chi connectivity index (χ0n) is 11.7. The maximum absolute atomic E-state index is 12.5. The Morgan fingerprint density at radius 2 is 1.76 bits per heavy atom. The molecule has 0 aromatic heterocycles. The van der Waals surface area contributed by atoms with Crippen molar-refractivity contribution in [2.45, 2.75) is 6.23 Å². The fourth-order valence-corrected chi connectivity index (χ4v) is 2.61. The molecule has 0 radical (unpaired) electrons. The molecule has 1 heterocycles. The second-order valence-electron chi connectivity index (χ2n) is 4.65. The molecule has 0 bridgehead atoms. The van der Waals surface area contributed by atoms with Crippen molar-refractivity contribution >= 4 is 11.6 Å². The molecule has 1 aliphatic rings. The Labute approximate surface area is 122 Å². The molecular formula is C16H15NO4. The first-order valence-electron chi connectivity index (χ1n) is 6.50. The number of rotatable bonds is 3. The lowest BCUT2D eigenvalue weighted by Gasteiger charge is -2.21. The van der Waals surface area contributed by atoms with Gasteiger partial charge >= 0.3 is 0 Å². The van der Waals surface area contributed by atoms with Crippen LogP contribution in [0.25, 0.3) is 0 Å². The number of anilines is 1. The highest BCUT2D eigenvalue weighted by Crippen LogP contribution is 2.44. The fraction of sp³-hybridized carbons (Fsp3) is 0.188. The number of ether oxygens (including phenoxy) is 2. The van der Waals surface area contributed by atoms with Gasteiger partial charge < -0.3 is 14.6 Å². The monoisotopic (exact) mass is 285 g/mol. The lowest BCUT2D eigenvalue weighted by Crippen LogP contribution is -2.27. The summed E-state index contributed by atoms with van der Waals surface area (Å²) in [5, 5.41) is 10.6. The molecule has 3 rings (SSSR count). The van der Waals surface area contributed by atoms with Gasteiger partial charge in [-0.1, -0.05) is 18.2 Å². The van der Waals surface area contributed by atoms with Gasteiger partial charge in [0.15, 0.2) is 17.7 Å². The van der Waals surface area contributed by atoms with Crippen molar-refractivity contribution in [1.29, 1.82) is 0 Å². The molecule has 5 heteroatoms. The fourth-order valence-electron chi connectivity index (χ4n) is 2.61. The van der Waals surface area contributed by atoms with Crippen molar-refractivity contribution < 1.29 is 19.4 Å². The summed E-state index contributed by atoms with van der Waals surface area (Å²) < 4.78 is 10.5. The van der Waals surface area contributed by atoms with Crippen LogP contribution in [0.1, 0.15) is 22.1 Å². The number of aliphatic hydroxyl groups is 1. The van der Waals surface area contributed by atoms with Crippen LogP contribution >= 0.6 is 0 Å². The van der Waals surface area contributed by atoms with Gasteiger partial charge in [0.1, 0.15) is 0 Å². The number of amides is 1. The summed E-state index contributed by atoms with van der Waals surface area (Å²) in [5.41, 5.74) is 1.49. The van der Waals surface area contributed by atoms with Gasteiger partial charge in [-0.25, -0.2) is 0 Å². The van der Waals surface area contributed by atoms with Gasteiger partial charge in [0, 0.05) is 5.69 Å². The van der Waals surface area contributed by atoms with Gasteiger partial charge in [0.25, 0.3) is 5.91 Å². The van der Waals surface area contributed by atoms with Crippen molar-refractivity contribution in [2.24, 2.45) is 0 Å². The molecular weight excluding hydrogens is 270 g/mol. The molecule has 5 nitrogen and oxygen atoms in total. The second-order valence-corrected chi connectivity index (χ2v) is 4.65. The molecule has 1 aliphatic heterocycles. The predicted octanol–water partition coefficient (Wildman–Crippen LogP) is 2.36. The van der Waals surface area contributed by atoms with E-state index < -0.39 is 6.23 Å². The van der Waals surface area contributed by atoms with E-state index in [9.17, 15) is 9.90 Å². The molecule has 0 fully saturated rings. The molecule has 1 N–H and O–H groups in total. The molecule has 0 saturated carbocycles. The highest BCUT2D eigenvalue weighted by atomic mass is 16.5. The Kier molecular flexibility index (Phi) is 3.27. The van der Waals surface area contributed by atoms with Gasteiger partial charge in [0.05, 0.1) is 25.3 Å². The van der Waals surface area contributed by atoms with Crippen LogP contribution in [-0.2, 0) is 0 Å². The van der Waals surface area contributed by atoms with Crippen molar-refractivity contribution in [3.63, 3.8) is 0 Å². The van der Waals surface area contributed by atoms with E-state index in [-0.39, 0.29) is 5.91 Å². The number of nitrogens with zero attached hydrogens (tertiary/aromatic N) is 1. The third-order valence-corrected chi connectivity index (χ3v) is 3.57. The number of fused-ring (bicyclic) bond motifs is 1. The quantitative estimate of drug-likeness (QED) is 0.940. The largest absolute Gasteiger partial charge is 0.493 e. The highest BCUT2D eigenvalue weighted by molar-refractivity contribution is 6.11. The summed E-state index contributed by atoms with van der Waals surface area (Å²) in [7, 11) is 3.00. The first-order valence-corrected chi connectivity index (χ1v) is 6.50. The Bertz CT molecular complexity index is 684. The van der Waals surface area contributed by atoms with Crippen LogP contribution < -0.4 is 14.4 Å². The molecule has 1 atom stereocenters. The SMILES string of the molecule is COc1ccc2c(c1OC)C(O)N(c1ccccc1)C2=O. The van der Waals surface area contributed by atoms with Crippen molar-refractivity contribution in [2.75, 3.05) is 19.1 Å². The number of aliphatic hydroxyl groups excluding tert-OH is 1. The zero-order chi connectivity index (χ0) is 15.0. The molecule has 108 valence electrons. The van der Waals surface area contributed by atoms with E-state index in [1.165, 1.54) is 19.1 Å². The molecule has 0 aliphatic carbocycles. The average Bonchev–Trinajstić information content (AvgIpc) is 2.78. The summed E-state index contributed by atoms with van der Waals surface area (Å²) in [6, 6.07) is 12.3. The van der Waals surface area contributed by atoms with Crippen molar-refractivity contribution in [3.8, 4) is 11.5 Å². The average molecular weight is 285 g/mol. The minimum absolute atomic E-state index is 0.260. The third kappa shape index (κ3) is 1.94. The summed E-state index contributed by atoms with van der Waals surface area (Å²) in [6.45, 7) is 0. The predicted molar refractivity (Wildman–Crippen MR) is 77.8 cm³/mol. The summed E-state index contributed by atoms with van der Waals surface area (Å²) in [4.78, 5) is 13.9. The van der Waals surface area contributed by atoms with E-state index in [2.05, 4.69) is 0 Å². The smallest absolute Gasteiger partial charge is 0.261 e. The number of carbonyl (C=O) groups is 1. The van der Waals surface area contributed by atoms with Crippen molar-refractivity contribution in [3.05, 3.63) is 53.6 Å². The number of hydrogen-bond acceptors (Lipinski definition) is 4. The van der Waals surface area contributed by atoms with Gasteiger partial charge in [-0.15, -0.1) is 0 Å². The Morgan fingerprint density at radius 3 is 2.38 bits per heavy atom. The van der Waals surface area contributed by atoms with Crippen LogP contribution in [0.3, 0.4) is 0 Å². The first kappa shape index (κ1) is 13.5. The van der Waals surface area contributed by atoms with E-state index in [0.29, 0.717) is 28.3 Å². The third-order valence-electron chi connectivity index (χ3n) is 3.57. The number of methoxy groups -OCH3 is 2. The van der Waals surface area contributed by atoms with Gasteiger partial charge in [-0.05, 0) is 24.3 Å². The Morgan fingerprint density at radius 1 is 1.05 bits per heavy atom. The minimum atomic E-state index is -1.10. The molecule has 1 unspecified atom stereocenters. The number of hydrogen-bond donors (Lipinski definition) is 1.